The van der Waals surface area contributed by atoms with Crippen molar-refractivity contribution in [1.82, 2.24) is 15.1 Å². The van der Waals surface area contributed by atoms with Crippen molar-refractivity contribution >= 4 is 11.6 Å². The summed E-state index contributed by atoms with van der Waals surface area (Å²) in [6.07, 6.45) is 0. The van der Waals surface area contributed by atoms with Crippen LogP contribution in [0, 0.1) is 5.82 Å². The Kier molecular flexibility index (Phi) is 5.16. The molecule has 1 heterocycles. The summed E-state index contributed by atoms with van der Waals surface area (Å²) in [5, 5.41) is 3.90. The van der Waals surface area contributed by atoms with Crippen molar-refractivity contribution in [2.24, 2.45) is 0 Å². The molecule has 0 aromatic heterocycles. The van der Waals surface area contributed by atoms with E-state index in [0.29, 0.717) is 23.2 Å². The van der Waals surface area contributed by atoms with Gasteiger partial charge in [0.2, 0.25) is 0 Å². The molecule has 1 unspecified atom stereocenters. The third-order valence-corrected chi connectivity index (χ3v) is 3.92. The Labute approximate surface area is 119 Å². The van der Waals surface area contributed by atoms with E-state index in [1.807, 2.05) is 0 Å². The lowest BCUT2D eigenvalue weighted by molar-refractivity contribution is 0.113. The summed E-state index contributed by atoms with van der Waals surface area (Å²) in [6.45, 7) is 4.60. The van der Waals surface area contributed by atoms with Crippen LogP contribution >= 0.6 is 11.6 Å². The number of halogens is 2. The standard InChI is InChI=1S/C14H21ClFN3/c1-18-5-6-19(2)13(10-18)9-17-8-11-7-12(15)3-4-14(11)16/h3-4,7,13,17H,5-6,8-10H2,1-2H3. The summed E-state index contributed by atoms with van der Waals surface area (Å²) in [4.78, 5) is 4.67. The van der Waals surface area contributed by atoms with Crippen LogP contribution in [0.4, 0.5) is 4.39 Å². The lowest BCUT2D eigenvalue weighted by atomic mass is 10.1. The topological polar surface area (TPSA) is 18.5 Å². The van der Waals surface area contributed by atoms with E-state index in [4.69, 9.17) is 11.6 Å². The average molecular weight is 286 g/mol. The zero-order chi connectivity index (χ0) is 13.8. The van der Waals surface area contributed by atoms with Crippen LogP contribution in [0.1, 0.15) is 5.56 Å². The van der Waals surface area contributed by atoms with Crippen molar-refractivity contribution in [3.63, 3.8) is 0 Å². The highest BCUT2D eigenvalue weighted by Gasteiger charge is 2.21. The molecule has 0 spiro atoms. The Balaban J connectivity index is 1.84. The minimum atomic E-state index is -0.203. The highest BCUT2D eigenvalue weighted by atomic mass is 35.5. The quantitative estimate of drug-likeness (QED) is 0.910. The zero-order valence-electron chi connectivity index (χ0n) is 11.5. The first kappa shape index (κ1) is 14.7. The smallest absolute Gasteiger partial charge is 0.127 e. The molecule has 0 saturated carbocycles. The number of hydrogen-bond acceptors (Lipinski definition) is 3. The Bertz CT molecular complexity index is 427. The second-order valence-electron chi connectivity index (χ2n) is 5.26. The molecule has 1 fully saturated rings. The van der Waals surface area contributed by atoms with Crippen LogP contribution in [0.15, 0.2) is 18.2 Å². The molecule has 0 radical (unpaired) electrons. The van der Waals surface area contributed by atoms with Crippen molar-refractivity contribution in [3.05, 3.63) is 34.6 Å². The first-order chi connectivity index (χ1) is 9.06. The normalized spacial score (nSPS) is 21.8. The molecule has 3 nitrogen and oxygen atoms in total. The summed E-state index contributed by atoms with van der Waals surface area (Å²) in [5.74, 6) is -0.203. The van der Waals surface area contributed by atoms with Gasteiger partial charge < -0.3 is 10.2 Å². The van der Waals surface area contributed by atoms with Gasteiger partial charge in [0.25, 0.3) is 0 Å². The number of rotatable bonds is 4. The summed E-state index contributed by atoms with van der Waals surface area (Å²) < 4.78 is 13.6. The van der Waals surface area contributed by atoms with Gasteiger partial charge in [-0.2, -0.15) is 0 Å². The van der Waals surface area contributed by atoms with Crippen molar-refractivity contribution in [3.8, 4) is 0 Å². The van der Waals surface area contributed by atoms with Crippen LogP contribution < -0.4 is 5.32 Å². The number of benzene rings is 1. The highest BCUT2D eigenvalue weighted by molar-refractivity contribution is 6.30. The molecular weight excluding hydrogens is 265 g/mol. The molecular formula is C14H21ClFN3. The van der Waals surface area contributed by atoms with Crippen molar-refractivity contribution in [1.29, 1.82) is 0 Å². The molecule has 0 amide bonds. The van der Waals surface area contributed by atoms with E-state index in [0.717, 1.165) is 26.2 Å². The third-order valence-electron chi connectivity index (χ3n) is 3.68. The predicted molar refractivity (Wildman–Crippen MR) is 77.0 cm³/mol. The van der Waals surface area contributed by atoms with Crippen LogP contribution in [0.2, 0.25) is 5.02 Å². The molecule has 19 heavy (non-hydrogen) atoms. The molecule has 1 aromatic carbocycles. The summed E-state index contributed by atoms with van der Waals surface area (Å²) in [7, 11) is 4.27. The zero-order valence-corrected chi connectivity index (χ0v) is 12.3. The third kappa shape index (κ3) is 4.14. The maximum Gasteiger partial charge on any atom is 0.127 e. The Morgan fingerprint density at radius 1 is 1.37 bits per heavy atom. The van der Waals surface area contributed by atoms with Crippen LogP contribution in [0.25, 0.3) is 0 Å². The molecule has 106 valence electrons. The Morgan fingerprint density at radius 3 is 2.95 bits per heavy atom. The monoisotopic (exact) mass is 285 g/mol. The lowest BCUT2D eigenvalue weighted by Crippen LogP contribution is -2.53. The lowest BCUT2D eigenvalue weighted by Gasteiger charge is -2.37. The van der Waals surface area contributed by atoms with Crippen LogP contribution in [-0.4, -0.2) is 56.1 Å². The first-order valence-electron chi connectivity index (χ1n) is 6.59. The van der Waals surface area contributed by atoms with Gasteiger partial charge in [-0.25, -0.2) is 4.39 Å². The van der Waals surface area contributed by atoms with Gasteiger partial charge in [-0.3, -0.25) is 4.90 Å². The Hall–Kier alpha value is -0.680. The summed E-state index contributed by atoms with van der Waals surface area (Å²) in [6, 6.07) is 5.14. The molecule has 1 aliphatic heterocycles. The fraction of sp³-hybridized carbons (Fsp3) is 0.571. The molecule has 0 bridgehead atoms. The van der Waals surface area contributed by atoms with Gasteiger partial charge in [-0.15, -0.1) is 0 Å². The SMILES string of the molecule is CN1CCN(C)C(CNCc2cc(Cl)ccc2F)C1. The minimum absolute atomic E-state index is 0.203. The number of nitrogens with zero attached hydrogens (tertiary/aromatic N) is 2. The second-order valence-corrected chi connectivity index (χ2v) is 5.70. The molecule has 0 aliphatic carbocycles. The fourth-order valence-corrected chi connectivity index (χ4v) is 2.57. The molecule has 2 rings (SSSR count). The van der Waals surface area contributed by atoms with Gasteiger partial charge in [0, 0.05) is 49.4 Å². The maximum atomic E-state index is 13.6. The van der Waals surface area contributed by atoms with E-state index in [1.54, 1.807) is 12.1 Å². The van der Waals surface area contributed by atoms with E-state index in [2.05, 4.69) is 29.2 Å². The summed E-state index contributed by atoms with van der Waals surface area (Å²) >= 11 is 5.88. The molecule has 1 aliphatic rings. The number of likely N-dealkylation sites (N-methyl/N-ethyl adjacent to an activating group) is 2. The van der Waals surface area contributed by atoms with Crippen LogP contribution in [-0.2, 0) is 6.54 Å². The van der Waals surface area contributed by atoms with E-state index >= 15 is 0 Å². The molecule has 1 N–H and O–H groups in total. The molecule has 5 heteroatoms. The van der Waals surface area contributed by atoms with Gasteiger partial charge in [0.15, 0.2) is 0 Å². The van der Waals surface area contributed by atoms with Gasteiger partial charge in [-0.1, -0.05) is 11.6 Å². The molecule has 1 aromatic rings. The number of piperazine rings is 1. The van der Waals surface area contributed by atoms with E-state index < -0.39 is 0 Å². The van der Waals surface area contributed by atoms with Crippen molar-refractivity contribution in [2.75, 3.05) is 40.3 Å². The average Bonchev–Trinajstić information content (AvgIpc) is 2.38. The number of hydrogen-bond donors (Lipinski definition) is 1. The minimum Gasteiger partial charge on any atom is -0.311 e. The molecule has 1 saturated heterocycles. The van der Waals surface area contributed by atoms with E-state index in [-0.39, 0.29) is 5.82 Å². The van der Waals surface area contributed by atoms with Crippen molar-refractivity contribution in [2.45, 2.75) is 12.6 Å². The summed E-state index contributed by atoms with van der Waals surface area (Å²) in [5.41, 5.74) is 0.624. The van der Waals surface area contributed by atoms with Gasteiger partial charge in [0.05, 0.1) is 0 Å². The van der Waals surface area contributed by atoms with E-state index in [9.17, 15) is 4.39 Å². The molecule has 1 atom stereocenters. The first-order valence-corrected chi connectivity index (χ1v) is 6.97. The fourth-order valence-electron chi connectivity index (χ4n) is 2.37. The largest absolute Gasteiger partial charge is 0.311 e. The van der Waals surface area contributed by atoms with Gasteiger partial charge in [-0.05, 0) is 32.3 Å². The van der Waals surface area contributed by atoms with Gasteiger partial charge >= 0.3 is 0 Å². The van der Waals surface area contributed by atoms with Crippen molar-refractivity contribution < 1.29 is 4.39 Å². The van der Waals surface area contributed by atoms with Crippen LogP contribution in [0.3, 0.4) is 0 Å². The number of nitrogens with one attached hydrogen (secondary N) is 1. The highest BCUT2D eigenvalue weighted by Crippen LogP contribution is 2.14. The van der Waals surface area contributed by atoms with E-state index in [1.165, 1.54) is 6.07 Å². The van der Waals surface area contributed by atoms with Gasteiger partial charge in [0.1, 0.15) is 5.82 Å². The van der Waals surface area contributed by atoms with Crippen LogP contribution in [0.5, 0.6) is 0 Å². The predicted octanol–water partition coefficient (Wildman–Crippen LogP) is 1.81. The Morgan fingerprint density at radius 2 is 2.16 bits per heavy atom. The maximum absolute atomic E-state index is 13.6. The second kappa shape index (κ2) is 6.66.